The van der Waals surface area contributed by atoms with E-state index in [-0.39, 0.29) is 17.9 Å². The first-order valence-corrected chi connectivity index (χ1v) is 7.91. The molecule has 1 aromatic carbocycles. The highest BCUT2D eigenvalue weighted by Crippen LogP contribution is 2.25. The largest absolute Gasteiger partial charge is 0.301 e. The van der Waals surface area contributed by atoms with Gasteiger partial charge >= 0.3 is 0 Å². The van der Waals surface area contributed by atoms with Crippen molar-refractivity contribution in [3.63, 3.8) is 0 Å². The van der Waals surface area contributed by atoms with Crippen molar-refractivity contribution < 1.29 is 4.39 Å². The van der Waals surface area contributed by atoms with Gasteiger partial charge in [-0.15, -0.1) is 11.3 Å². The smallest absolute Gasteiger partial charge is 0.123 e. The standard InChI is InChI=1S/C16H21FN2S/c1-4-14-10-18-16(20-14)11(3)19-15(5-2)12-7-6-8-13(17)9-12/h6-11,15,19H,4-5H2,1-3H3. The van der Waals surface area contributed by atoms with Gasteiger partial charge in [0.1, 0.15) is 10.8 Å². The van der Waals surface area contributed by atoms with Crippen LogP contribution in [0.3, 0.4) is 0 Å². The summed E-state index contributed by atoms with van der Waals surface area (Å²) in [5, 5.41) is 4.64. The van der Waals surface area contributed by atoms with E-state index in [4.69, 9.17) is 0 Å². The van der Waals surface area contributed by atoms with Crippen LogP contribution in [0.4, 0.5) is 4.39 Å². The van der Waals surface area contributed by atoms with E-state index in [1.165, 1.54) is 10.9 Å². The van der Waals surface area contributed by atoms with Gasteiger partial charge in [-0.1, -0.05) is 26.0 Å². The molecule has 2 rings (SSSR count). The molecule has 2 aromatic rings. The number of rotatable bonds is 6. The van der Waals surface area contributed by atoms with Gasteiger partial charge in [-0.05, 0) is 37.5 Å². The van der Waals surface area contributed by atoms with Crippen LogP contribution in [0.2, 0.25) is 0 Å². The maximum Gasteiger partial charge on any atom is 0.123 e. The lowest BCUT2D eigenvalue weighted by atomic mass is 10.0. The third kappa shape index (κ3) is 3.64. The second-order valence-electron chi connectivity index (χ2n) is 4.92. The molecule has 1 N–H and O–H groups in total. The van der Waals surface area contributed by atoms with Gasteiger partial charge in [0.05, 0.1) is 6.04 Å². The summed E-state index contributed by atoms with van der Waals surface area (Å²) < 4.78 is 13.3. The van der Waals surface area contributed by atoms with Crippen LogP contribution in [0.5, 0.6) is 0 Å². The Morgan fingerprint density at radius 3 is 2.75 bits per heavy atom. The molecule has 0 bridgehead atoms. The van der Waals surface area contributed by atoms with Crippen LogP contribution in [0.1, 0.15) is 54.7 Å². The van der Waals surface area contributed by atoms with E-state index in [0.717, 1.165) is 23.4 Å². The highest BCUT2D eigenvalue weighted by atomic mass is 32.1. The Morgan fingerprint density at radius 1 is 1.35 bits per heavy atom. The van der Waals surface area contributed by atoms with Crippen LogP contribution in [0.15, 0.2) is 30.5 Å². The van der Waals surface area contributed by atoms with Crippen LogP contribution >= 0.6 is 11.3 Å². The molecule has 1 heterocycles. The second-order valence-corrected chi connectivity index (χ2v) is 6.07. The van der Waals surface area contributed by atoms with Crippen LogP contribution in [0.25, 0.3) is 0 Å². The maximum atomic E-state index is 13.3. The molecular weight excluding hydrogens is 271 g/mol. The molecule has 2 atom stereocenters. The molecule has 0 fully saturated rings. The van der Waals surface area contributed by atoms with E-state index >= 15 is 0 Å². The monoisotopic (exact) mass is 292 g/mol. The molecular formula is C16H21FN2S. The topological polar surface area (TPSA) is 24.9 Å². The summed E-state index contributed by atoms with van der Waals surface area (Å²) in [6.45, 7) is 6.35. The molecule has 0 amide bonds. The third-order valence-corrected chi connectivity index (χ3v) is 4.73. The molecule has 0 aliphatic carbocycles. The lowest BCUT2D eigenvalue weighted by Gasteiger charge is -2.21. The summed E-state index contributed by atoms with van der Waals surface area (Å²) in [7, 11) is 0. The van der Waals surface area contributed by atoms with Gasteiger partial charge in [0, 0.05) is 17.1 Å². The molecule has 0 saturated heterocycles. The van der Waals surface area contributed by atoms with Crippen LogP contribution < -0.4 is 5.32 Å². The van der Waals surface area contributed by atoms with Crippen molar-refractivity contribution in [3.8, 4) is 0 Å². The minimum absolute atomic E-state index is 0.148. The number of nitrogens with one attached hydrogen (secondary N) is 1. The van der Waals surface area contributed by atoms with Gasteiger partial charge in [-0.25, -0.2) is 9.37 Å². The number of aryl methyl sites for hydroxylation is 1. The first kappa shape index (κ1) is 15.1. The Bertz CT molecular complexity index is 553. The Labute approximate surface area is 124 Å². The Kier molecular flexibility index (Phi) is 5.26. The quantitative estimate of drug-likeness (QED) is 0.838. The first-order valence-electron chi connectivity index (χ1n) is 7.10. The highest BCUT2D eigenvalue weighted by molar-refractivity contribution is 7.11. The number of hydrogen-bond donors (Lipinski definition) is 1. The van der Waals surface area contributed by atoms with Gasteiger partial charge in [-0.2, -0.15) is 0 Å². The Balaban J connectivity index is 2.09. The van der Waals surface area contributed by atoms with Gasteiger partial charge in [0.2, 0.25) is 0 Å². The maximum absolute atomic E-state index is 13.3. The Morgan fingerprint density at radius 2 is 2.15 bits per heavy atom. The predicted molar refractivity (Wildman–Crippen MR) is 82.5 cm³/mol. The zero-order valence-electron chi connectivity index (χ0n) is 12.2. The average Bonchev–Trinajstić information content (AvgIpc) is 2.93. The van der Waals surface area contributed by atoms with Crippen molar-refractivity contribution in [1.82, 2.24) is 10.3 Å². The van der Waals surface area contributed by atoms with Gasteiger partial charge in [0.15, 0.2) is 0 Å². The molecule has 1 aromatic heterocycles. The van der Waals surface area contributed by atoms with Crippen molar-refractivity contribution in [2.45, 2.75) is 45.7 Å². The highest BCUT2D eigenvalue weighted by Gasteiger charge is 2.16. The van der Waals surface area contributed by atoms with Crippen LogP contribution in [-0.4, -0.2) is 4.98 Å². The molecule has 108 valence electrons. The zero-order chi connectivity index (χ0) is 14.5. The molecule has 0 aliphatic rings. The van der Waals surface area contributed by atoms with E-state index in [1.54, 1.807) is 23.5 Å². The summed E-state index contributed by atoms with van der Waals surface area (Å²) in [6, 6.07) is 7.14. The number of benzene rings is 1. The van der Waals surface area contributed by atoms with E-state index in [9.17, 15) is 4.39 Å². The fraction of sp³-hybridized carbons (Fsp3) is 0.438. The molecule has 2 nitrogen and oxygen atoms in total. The van der Waals surface area contributed by atoms with E-state index < -0.39 is 0 Å². The summed E-state index contributed by atoms with van der Waals surface area (Å²) >= 11 is 1.74. The molecule has 4 heteroatoms. The summed E-state index contributed by atoms with van der Waals surface area (Å²) in [6.07, 6.45) is 3.88. The molecule has 20 heavy (non-hydrogen) atoms. The third-order valence-electron chi connectivity index (χ3n) is 3.40. The summed E-state index contributed by atoms with van der Waals surface area (Å²) in [5.41, 5.74) is 0.992. The number of hydrogen-bond acceptors (Lipinski definition) is 3. The van der Waals surface area contributed by atoms with Crippen molar-refractivity contribution in [2.24, 2.45) is 0 Å². The van der Waals surface area contributed by atoms with Crippen LogP contribution in [-0.2, 0) is 6.42 Å². The van der Waals surface area contributed by atoms with Gasteiger partial charge < -0.3 is 5.32 Å². The fourth-order valence-corrected chi connectivity index (χ4v) is 3.10. The van der Waals surface area contributed by atoms with Crippen molar-refractivity contribution in [1.29, 1.82) is 0 Å². The number of thiazole rings is 1. The van der Waals surface area contributed by atoms with Gasteiger partial charge in [-0.3, -0.25) is 0 Å². The predicted octanol–water partition coefficient (Wildman–Crippen LogP) is 4.65. The van der Waals surface area contributed by atoms with E-state index in [2.05, 4.69) is 31.1 Å². The lowest BCUT2D eigenvalue weighted by Crippen LogP contribution is -2.24. The minimum Gasteiger partial charge on any atom is -0.301 e. The normalized spacial score (nSPS) is 14.2. The van der Waals surface area contributed by atoms with Crippen molar-refractivity contribution in [3.05, 3.63) is 51.7 Å². The second kappa shape index (κ2) is 6.95. The van der Waals surface area contributed by atoms with E-state index in [1.807, 2.05) is 12.3 Å². The lowest BCUT2D eigenvalue weighted by molar-refractivity contribution is 0.453. The average molecular weight is 292 g/mol. The first-order chi connectivity index (χ1) is 9.63. The number of nitrogens with zero attached hydrogens (tertiary/aromatic N) is 1. The van der Waals surface area contributed by atoms with Crippen molar-refractivity contribution in [2.75, 3.05) is 0 Å². The van der Waals surface area contributed by atoms with Crippen molar-refractivity contribution >= 4 is 11.3 Å². The molecule has 2 unspecified atom stereocenters. The molecule has 0 spiro atoms. The Hall–Kier alpha value is -1.26. The summed E-state index contributed by atoms with van der Waals surface area (Å²) in [5.74, 6) is -0.182. The number of halogens is 1. The number of aromatic nitrogens is 1. The molecule has 0 aliphatic heterocycles. The summed E-state index contributed by atoms with van der Waals surface area (Å²) in [4.78, 5) is 5.77. The molecule has 0 radical (unpaired) electrons. The van der Waals surface area contributed by atoms with Gasteiger partial charge in [0.25, 0.3) is 0 Å². The van der Waals surface area contributed by atoms with Crippen LogP contribution in [0, 0.1) is 5.82 Å². The molecule has 0 saturated carbocycles. The SMILES string of the molecule is CCc1cnc(C(C)NC(CC)c2cccc(F)c2)s1. The van der Waals surface area contributed by atoms with E-state index in [0.29, 0.717) is 0 Å². The zero-order valence-corrected chi connectivity index (χ0v) is 13.0. The minimum atomic E-state index is -0.182. The fourth-order valence-electron chi connectivity index (χ4n) is 2.23.